The highest BCUT2D eigenvalue weighted by atomic mass is 32.2. The molecule has 1 aliphatic heterocycles. The number of carbonyl (C=O) groups excluding carboxylic acids is 1. The summed E-state index contributed by atoms with van der Waals surface area (Å²) < 4.78 is 70.4. The summed E-state index contributed by atoms with van der Waals surface area (Å²) in [6.45, 7) is 11.1. The summed E-state index contributed by atoms with van der Waals surface area (Å²) in [7, 11) is -4.79. The van der Waals surface area contributed by atoms with Gasteiger partial charge in [-0.2, -0.15) is 18.3 Å². The first-order valence-corrected chi connectivity index (χ1v) is 14.9. The largest absolute Gasteiger partial charge is 0.460 e. The molecular formula is C24H35F3N6O4S2. The summed E-state index contributed by atoms with van der Waals surface area (Å²) in [4.78, 5) is 14.3. The maximum Gasteiger partial charge on any atom is 0.404 e. The number of hydrazone groups is 1. The number of carbonyl (C=O) groups is 1. The predicted molar refractivity (Wildman–Crippen MR) is 149 cm³/mol. The van der Waals surface area contributed by atoms with Crippen molar-refractivity contribution in [3.05, 3.63) is 29.3 Å². The van der Waals surface area contributed by atoms with Gasteiger partial charge in [0.1, 0.15) is 10.7 Å². The maximum atomic E-state index is 12.9. The molecule has 0 radical (unpaired) electrons. The molecule has 3 N–H and O–H groups in total. The highest BCUT2D eigenvalue weighted by Gasteiger charge is 2.35. The van der Waals surface area contributed by atoms with E-state index in [-0.39, 0.29) is 34.0 Å². The van der Waals surface area contributed by atoms with Gasteiger partial charge >= 0.3 is 12.1 Å². The summed E-state index contributed by atoms with van der Waals surface area (Å²) >= 11 is 0.691. The van der Waals surface area contributed by atoms with E-state index >= 15 is 0 Å². The van der Waals surface area contributed by atoms with E-state index in [1.807, 2.05) is 18.6 Å². The Bertz CT molecular complexity index is 1190. The summed E-state index contributed by atoms with van der Waals surface area (Å²) in [5.41, 5.74) is 1.46. The van der Waals surface area contributed by atoms with Crippen molar-refractivity contribution in [3.8, 4) is 0 Å². The molecule has 0 aromatic heterocycles. The Labute approximate surface area is 231 Å². The normalized spacial score (nSPS) is 14.5. The van der Waals surface area contributed by atoms with Crippen molar-refractivity contribution >= 4 is 49.9 Å². The summed E-state index contributed by atoms with van der Waals surface area (Å²) in [6, 6.07) is 3.09. The van der Waals surface area contributed by atoms with E-state index in [1.165, 1.54) is 6.07 Å². The van der Waals surface area contributed by atoms with Gasteiger partial charge in [0.05, 0.1) is 12.3 Å². The quantitative estimate of drug-likeness (QED) is 0.0604. The van der Waals surface area contributed by atoms with E-state index in [0.29, 0.717) is 18.2 Å². The molecule has 0 saturated heterocycles. The van der Waals surface area contributed by atoms with Crippen LogP contribution in [-0.2, 0) is 26.0 Å². The van der Waals surface area contributed by atoms with Crippen LogP contribution in [0.4, 0.5) is 30.2 Å². The van der Waals surface area contributed by atoms with Crippen molar-refractivity contribution < 1.29 is 31.1 Å². The number of unbranched alkanes of at least 4 members (excludes halogenated alkanes) is 2. The van der Waals surface area contributed by atoms with Crippen LogP contribution in [0.2, 0.25) is 0 Å². The summed E-state index contributed by atoms with van der Waals surface area (Å²) in [5, 5.41) is 11.1. The maximum absolute atomic E-state index is 12.9. The molecule has 1 aromatic carbocycles. The molecule has 0 spiro atoms. The number of esters is 1. The van der Waals surface area contributed by atoms with Crippen molar-refractivity contribution in [3.63, 3.8) is 0 Å². The molecule has 0 atom stereocenters. The van der Waals surface area contributed by atoms with Crippen LogP contribution in [0.3, 0.4) is 0 Å². The second kappa shape index (κ2) is 14.5. The van der Waals surface area contributed by atoms with Crippen LogP contribution in [0.5, 0.6) is 0 Å². The molecule has 218 valence electrons. The van der Waals surface area contributed by atoms with Crippen LogP contribution in [-0.4, -0.2) is 51.1 Å². The van der Waals surface area contributed by atoms with Crippen molar-refractivity contribution in [2.45, 2.75) is 59.1 Å². The van der Waals surface area contributed by atoms with Crippen LogP contribution in [0.1, 0.15) is 52.0 Å². The van der Waals surface area contributed by atoms with Crippen LogP contribution in [0.15, 0.2) is 39.1 Å². The molecular weight excluding hydrogens is 557 g/mol. The first kappa shape index (κ1) is 32.4. The number of ether oxygens (including phenoxy) is 1. The third kappa shape index (κ3) is 11.1. The zero-order valence-corrected chi connectivity index (χ0v) is 23.9. The number of azo groups is 1. The van der Waals surface area contributed by atoms with E-state index in [4.69, 9.17) is 10.6 Å². The van der Waals surface area contributed by atoms with Gasteiger partial charge in [-0.05, 0) is 54.6 Å². The van der Waals surface area contributed by atoms with Gasteiger partial charge < -0.3 is 15.5 Å². The second-order valence-electron chi connectivity index (χ2n) is 9.39. The number of nitrogens with two attached hydrogens (primary N) is 1. The first-order chi connectivity index (χ1) is 18.2. The molecule has 1 aliphatic rings. The van der Waals surface area contributed by atoms with Gasteiger partial charge in [0.25, 0.3) is 0 Å². The third-order valence-corrected chi connectivity index (χ3v) is 7.41. The second-order valence-corrected chi connectivity index (χ2v) is 12.2. The van der Waals surface area contributed by atoms with Gasteiger partial charge in [-0.15, -0.1) is 10.2 Å². The summed E-state index contributed by atoms with van der Waals surface area (Å²) in [6.07, 6.45) is -0.432. The lowest BCUT2D eigenvalue weighted by atomic mass is 9.99. The van der Waals surface area contributed by atoms with Crippen molar-refractivity contribution in [2.75, 3.05) is 35.1 Å². The zero-order chi connectivity index (χ0) is 29.2. The molecule has 0 bridgehead atoms. The number of hydrogen-bond donors (Lipinski definition) is 2. The Kier molecular flexibility index (Phi) is 12.1. The Morgan fingerprint density at radius 2 is 2.03 bits per heavy atom. The number of thioether (sulfide) groups is 1. The standard InChI is InChI=1S/C24H35F3N6O4S2/c1-5-6-7-10-33-11-8-9-18-12-19(20(13-21(18)33)32-39(35,36)15-24(25,26)27)31-30-17(4)38-22(29-28)23(34)37-14-16(2)3/h12-13,16,32H,4-11,14-15,28H2,1-3H3/b29-22-,31-30?. The minimum absolute atomic E-state index is 0.00489. The molecule has 0 saturated carbocycles. The van der Waals surface area contributed by atoms with E-state index < -0.39 is 27.9 Å². The predicted octanol–water partition coefficient (Wildman–Crippen LogP) is 5.69. The van der Waals surface area contributed by atoms with Crippen LogP contribution >= 0.6 is 11.8 Å². The van der Waals surface area contributed by atoms with E-state index in [9.17, 15) is 26.4 Å². The van der Waals surface area contributed by atoms with Gasteiger partial charge in [0.15, 0.2) is 5.75 Å². The average molecular weight is 593 g/mol. The number of nitrogens with zero attached hydrogens (tertiary/aromatic N) is 4. The lowest BCUT2D eigenvalue weighted by Gasteiger charge is -2.32. The van der Waals surface area contributed by atoms with Gasteiger partial charge in [-0.1, -0.05) is 40.2 Å². The van der Waals surface area contributed by atoms with Crippen LogP contribution < -0.4 is 15.5 Å². The molecule has 10 nitrogen and oxygen atoms in total. The van der Waals surface area contributed by atoms with Crippen molar-refractivity contribution in [1.82, 2.24) is 0 Å². The number of rotatable bonds is 12. The zero-order valence-electron chi connectivity index (χ0n) is 22.3. The van der Waals surface area contributed by atoms with Gasteiger partial charge in [0.2, 0.25) is 15.1 Å². The average Bonchev–Trinajstić information content (AvgIpc) is 2.83. The van der Waals surface area contributed by atoms with Crippen molar-refractivity contribution in [2.24, 2.45) is 27.1 Å². The Morgan fingerprint density at radius 3 is 2.64 bits per heavy atom. The monoisotopic (exact) mass is 592 g/mol. The third-order valence-electron chi connectivity index (χ3n) is 5.39. The van der Waals surface area contributed by atoms with Crippen molar-refractivity contribution in [1.29, 1.82) is 0 Å². The highest BCUT2D eigenvalue weighted by Crippen LogP contribution is 2.38. The first-order valence-electron chi connectivity index (χ1n) is 12.5. The molecule has 0 fully saturated rings. The molecule has 39 heavy (non-hydrogen) atoms. The fourth-order valence-corrected chi connectivity index (χ4v) is 5.23. The fourth-order valence-electron chi connectivity index (χ4n) is 3.73. The molecule has 1 aromatic rings. The summed E-state index contributed by atoms with van der Waals surface area (Å²) in [5.74, 6) is 2.56. The number of aryl methyl sites for hydroxylation is 1. The smallest absolute Gasteiger partial charge is 0.404 e. The van der Waals surface area contributed by atoms with E-state index in [2.05, 4.69) is 33.7 Å². The number of nitrogens with one attached hydrogen (secondary N) is 1. The molecule has 1 heterocycles. The fraction of sp³-hybridized carbons (Fsp3) is 0.583. The van der Waals surface area contributed by atoms with Gasteiger partial charge in [-0.25, -0.2) is 13.2 Å². The number of fused-ring (bicyclic) bond motifs is 1. The van der Waals surface area contributed by atoms with Gasteiger partial charge in [-0.3, -0.25) is 4.72 Å². The lowest BCUT2D eigenvalue weighted by Crippen LogP contribution is -2.31. The Balaban J connectivity index is 2.36. The molecule has 0 amide bonds. The van der Waals surface area contributed by atoms with Crippen LogP contribution in [0.25, 0.3) is 0 Å². The van der Waals surface area contributed by atoms with E-state index in [1.54, 1.807) is 6.07 Å². The molecule has 15 heteroatoms. The Morgan fingerprint density at radius 1 is 1.31 bits per heavy atom. The molecule has 0 aliphatic carbocycles. The molecule has 2 rings (SSSR count). The number of halogens is 3. The lowest BCUT2D eigenvalue weighted by molar-refractivity contribution is -0.136. The topological polar surface area (TPSA) is 139 Å². The number of anilines is 2. The number of hydrogen-bond acceptors (Lipinski definition) is 10. The minimum Gasteiger partial charge on any atom is -0.460 e. The van der Waals surface area contributed by atoms with Crippen LogP contribution in [0, 0.1) is 5.92 Å². The Hall–Kier alpha value is -2.81. The SMILES string of the molecule is C=C(N=Nc1cc2c(cc1NS(=O)(=O)CC(F)(F)F)N(CCCCC)CCC2)S/C(=N\N)C(=O)OCC(C)C. The number of benzene rings is 1. The van der Waals surface area contributed by atoms with E-state index in [0.717, 1.165) is 50.0 Å². The highest BCUT2D eigenvalue weighted by molar-refractivity contribution is 8.18. The van der Waals surface area contributed by atoms with Gasteiger partial charge in [0, 0.05) is 18.8 Å². The number of sulfonamides is 1. The molecule has 0 unspecified atom stereocenters. The minimum atomic E-state index is -4.93. The number of alkyl halides is 3.